The van der Waals surface area contributed by atoms with Crippen LogP contribution in [0.5, 0.6) is 0 Å². The number of hydrogen-bond donors (Lipinski definition) is 0. The van der Waals surface area contributed by atoms with Gasteiger partial charge in [-0.3, -0.25) is 0 Å². The zero-order valence-corrected chi connectivity index (χ0v) is 31.2. The van der Waals surface area contributed by atoms with E-state index in [1.165, 1.54) is 41.0 Å². The summed E-state index contributed by atoms with van der Waals surface area (Å²) in [4.78, 5) is 0. The second-order valence-corrected chi connectivity index (χ2v) is 17.0. The SMILES string of the molecule is C=C[CH-]C.Cc1ccccc1[PH+](CCC[PH+](c1ccccc1C)c1ccccc1C)c1ccccc1C.O=S(=O)([O-])C(F)(F)F.[Pd]. The number of allylic oxidation sites excluding steroid dienone is 1. The molecule has 0 heterocycles. The fourth-order valence-electron chi connectivity index (χ4n) is 4.92. The summed E-state index contributed by atoms with van der Waals surface area (Å²) in [5.74, 6) is 0. The summed E-state index contributed by atoms with van der Waals surface area (Å²) in [6.45, 7) is 14.5. The molecule has 3 nitrogen and oxygen atoms in total. The average Bonchev–Trinajstić information content (AvgIpc) is 2.99. The van der Waals surface area contributed by atoms with Crippen LogP contribution in [0.3, 0.4) is 0 Å². The van der Waals surface area contributed by atoms with Gasteiger partial charge in [0.1, 0.15) is 0 Å². The van der Waals surface area contributed by atoms with Gasteiger partial charge in [0.2, 0.25) is 0 Å². The van der Waals surface area contributed by atoms with Gasteiger partial charge in [-0.25, -0.2) is 27.5 Å². The standard InChI is InChI=1S/C31H34P2.C4H7.CHF3O3S.Pd/c1-24-14-5-9-18-28(24)32(29-19-10-6-15-25(29)2)22-13-23-33(30-20-11-7-16-26(30)3)31-21-12-8-17-27(31)4;1-3-4-2;2-1(3,4)8(5,6)7;/h5-12,14-21H,13,22-23H2,1-4H3;3-4H,1H2,2H3;(H,5,6,7);/q;-1;;/p+1. The summed E-state index contributed by atoms with van der Waals surface area (Å²) < 4.78 is 58.9. The van der Waals surface area contributed by atoms with Gasteiger partial charge in [0.25, 0.3) is 0 Å². The predicted molar refractivity (Wildman–Crippen MR) is 190 cm³/mol. The van der Waals surface area contributed by atoms with E-state index in [1.54, 1.807) is 27.3 Å². The molecule has 10 heteroatoms. The van der Waals surface area contributed by atoms with Crippen molar-refractivity contribution in [2.45, 2.75) is 46.5 Å². The quantitative estimate of drug-likeness (QED) is 0.0574. The molecule has 0 amide bonds. The van der Waals surface area contributed by atoms with Gasteiger partial charge >= 0.3 is 5.51 Å². The van der Waals surface area contributed by atoms with Crippen molar-refractivity contribution >= 4 is 47.2 Å². The summed E-state index contributed by atoms with van der Waals surface area (Å²) >= 11 is 0. The number of hydrogen-bond acceptors (Lipinski definition) is 3. The van der Waals surface area contributed by atoms with Crippen molar-refractivity contribution in [3.05, 3.63) is 138 Å². The van der Waals surface area contributed by atoms with Crippen molar-refractivity contribution in [2.24, 2.45) is 0 Å². The molecule has 46 heavy (non-hydrogen) atoms. The molecule has 0 unspecified atom stereocenters. The van der Waals surface area contributed by atoms with E-state index in [9.17, 15) is 13.2 Å². The number of aryl methyl sites for hydroxylation is 4. The first-order chi connectivity index (χ1) is 21.2. The normalized spacial score (nSPS) is 11.0. The Hall–Kier alpha value is -2.29. The van der Waals surface area contributed by atoms with Gasteiger partial charge in [-0.15, -0.1) is 6.92 Å². The van der Waals surface area contributed by atoms with Crippen molar-refractivity contribution in [1.29, 1.82) is 0 Å². The molecule has 0 fully saturated rings. The fraction of sp³-hybridized carbons (Fsp3) is 0.250. The zero-order valence-electron chi connectivity index (χ0n) is 26.8. The summed E-state index contributed by atoms with van der Waals surface area (Å²) in [6.07, 6.45) is 7.48. The summed E-state index contributed by atoms with van der Waals surface area (Å²) in [7, 11) is -7.73. The molecule has 0 aromatic heterocycles. The van der Waals surface area contributed by atoms with Crippen LogP contribution >= 0.6 is 15.8 Å². The maximum atomic E-state index is 10.7. The first-order valence-electron chi connectivity index (χ1n) is 14.6. The van der Waals surface area contributed by atoms with E-state index >= 15 is 0 Å². The van der Waals surface area contributed by atoms with Crippen LogP contribution in [0.15, 0.2) is 110 Å². The number of benzene rings is 4. The second-order valence-electron chi connectivity index (χ2n) is 10.5. The minimum absolute atomic E-state index is 0. The summed E-state index contributed by atoms with van der Waals surface area (Å²) in [5.41, 5.74) is 0.124. The second kappa shape index (κ2) is 20.2. The Kier molecular flexibility index (Phi) is 18.3. The van der Waals surface area contributed by atoms with Crippen LogP contribution in [0.2, 0.25) is 0 Å². The van der Waals surface area contributed by atoms with Crippen molar-refractivity contribution in [3.8, 4) is 0 Å². The van der Waals surface area contributed by atoms with Crippen molar-refractivity contribution in [1.82, 2.24) is 0 Å². The Morgan fingerprint density at radius 3 is 1.07 bits per heavy atom. The van der Waals surface area contributed by atoms with Crippen LogP contribution in [-0.4, -0.2) is 30.8 Å². The van der Waals surface area contributed by atoms with E-state index in [2.05, 4.69) is 131 Å². The van der Waals surface area contributed by atoms with Gasteiger partial charge in [0, 0.05) is 26.8 Å². The molecular weight excluding hydrogens is 738 g/mol. The van der Waals surface area contributed by atoms with Crippen LogP contribution in [0.25, 0.3) is 0 Å². The molecule has 0 aliphatic carbocycles. The third kappa shape index (κ3) is 12.7. The number of halogens is 3. The van der Waals surface area contributed by atoms with Gasteiger partial charge in [-0.2, -0.15) is 13.2 Å². The average molecular weight is 781 g/mol. The molecule has 4 aromatic carbocycles. The van der Waals surface area contributed by atoms with Gasteiger partial charge in [-0.05, 0) is 74.2 Å². The van der Waals surface area contributed by atoms with Crippen molar-refractivity contribution in [2.75, 3.05) is 12.3 Å². The molecule has 0 N–H and O–H groups in total. The zero-order chi connectivity index (χ0) is 33.6. The fourth-order valence-corrected chi connectivity index (χ4v) is 11.4. The van der Waals surface area contributed by atoms with E-state index in [0.717, 1.165) is 0 Å². The molecule has 0 bridgehead atoms. The first kappa shape index (κ1) is 41.7. The molecule has 0 atom stereocenters. The third-order valence-electron chi connectivity index (χ3n) is 7.25. The van der Waals surface area contributed by atoms with Crippen LogP contribution in [0.1, 0.15) is 35.6 Å². The van der Waals surface area contributed by atoms with E-state index < -0.39 is 31.5 Å². The van der Waals surface area contributed by atoms with E-state index in [4.69, 9.17) is 13.0 Å². The number of rotatable bonds is 9. The smallest absolute Gasteiger partial charge is 0.485 e. The molecule has 0 radical (unpaired) electrons. The molecule has 0 aliphatic rings. The van der Waals surface area contributed by atoms with Gasteiger partial charge < -0.3 is 4.55 Å². The molecule has 0 saturated carbocycles. The summed E-state index contributed by atoms with van der Waals surface area (Å²) in [6, 6.07) is 36.3. The molecule has 4 rings (SSSR count). The van der Waals surface area contributed by atoms with Crippen molar-refractivity contribution < 1.29 is 46.6 Å². The van der Waals surface area contributed by atoms with Gasteiger partial charge in [0.05, 0.1) is 49.4 Å². The van der Waals surface area contributed by atoms with Crippen LogP contribution < -0.4 is 21.2 Å². The largest absolute Gasteiger partial charge is 0.741 e. The summed E-state index contributed by atoms with van der Waals surface area (Å²) in [5, 5.41) is 6.32. The number of alkyl halides is 3. The monoisotopic (exact) mass is 780 g/mol. The molecular formula is C36H43F3O3P2PdS. The molecule has 0 saturated heterocycles. The Morgan fingerprint density at radius 2 is 0.891 bits per heavy atom. The Balaban J connectivity index is 0.000000696. The topological polar surface area (TPSA) is 57.2 Å². The molecule has 0 aliphatic heterocycles. The van der Waals surface area contributed by atoms with Crippen LogP contribution in [0, 0.1) is 34.1 Å². The Morgan fingerprint density at radius 1 is 0.674 bits per heavy atom. The van der Waals surface area contributed by atoms with Gasteiger partial charge in [-0.1, -0.05) is 72.8 Å². The maximum Gasteiger partial charge on any atom is 0.485 e. The van der Waals surface area contributed by atoms with Gasteiger partial charge in [0.15, 0.2) is 10.1 Å². The van der Waals surface area contributed by atoms with E-state index in [-0.39, 0.29) is 20.4 Å². The molecule has 0 spiro atoms. The van der Waals surface area contributed by atoms with Crippen LogP contribution in [-0.2, 0) is 30.5 Å². The Bertz CT molecular complexity index is 1440. The maximum absolute atomic E-state index is 10.7. The molecule has 252 valence electrons. The van der Waals surface area contributed by atoms with Crippen molar-refractivity contribution in [3.63, 3.8) is 0 Å². The van der Waals surface area contributed by atoms with E-state index in [1.807, 2.05) is 13.3 Å². The minimum Gasteiger partial charge on any atom is -0.741 e. The third-order valence-corrected chi connectivity index (χ3v) is 14.4. The predicted octanol–water partition coefficient (Wildman–Crippen LogP) is 7.79. The van der Waals surface area contributed by atoms with E-state index in [0.29, 0.717) is 0 Å². The molecule has 4 aromatic rings. The minimum atomic E-state index is -6.09. The van der Waals surface area contributed by atoms with Crippen LogP contribution in [0.4, 0.5) is 13.2 Å². The Labute approximate surface area is 289 Å². The first-order valence-corrected chi connectivity index (χ1v) is 19.4.